The fourth-order valence-corrected chi connectivity index (χ4v) is 2.68. The Hall–Kier alpha value is -2.34. The van der Waals surface area contributed by atoms with Crippen molar-refractivity contribution in [1.82, 2.24) is 10.6 Å². The molecule has 2 amide bonds. The van der Waals surface area contributed by atoms with E-state index in [1.54, 1.807) is 6.07 Å². The summed E-state index contributed by atoms with van der Waals surface area (Å²) >= 11 is 1.41. The Morgan fingerprint density at radius 3 is 2.50 bits per heavy atom. The highest BCUT2D eigenvalue weighted by molar-refractivity contribution is 7.12. The van der Waals surface area contributed by atoms with Crippen LogP contribution in [-0.4, -0.2) is 31.5 Å². The van der Waals surface area contributed by atoms with E-state index in [4.69, 9.17) is 4.74 Å². The lowest BCUT2D eigenvalue weighted by Crippen LogP contribution is -2.28. The first-order valence-electron chi connectivity index (χ1n) is 8.02. The van der Waals surface area contributed by atoms with Crippen molar-refractivity contribution >= 4 is 23.2 Å². The zero-order chi connectivity index (χ0) is 17.0. The Balaban J connectivity index is 1.46. The molecule has 1 aromatic heterocycles. The van der Waals surface area contributed by atoms with Crippen molar-refractivity contribution in [3.05, 3.63) is 52.7 Å². The van der Waals surface area contributed by atoms with Crippen molar-refractivity contribution in [3.8, 4) is 5.75 Å². The Morgan fingerprint density at radius 2 is 1.75 bits per heavy atom. The van der Waals surface area contributed by atoms with E-state index in [-0.39, 0.29) is 11.8 Å². The molecule has 2 rings (SSSR count). The molecule has 2 aromatic rings. The maximum Gasteiger partial charge on any atom is 0.261 e. The molecule has 0 saturated carbocycles. The molecule has 0 unspecified atom stereocenters. The number of benzene rings is 1. The zero-order valence-electron chi connectivity index (χ0n) is 13.5. The molecular formula is C18H22N2O3S. The molecule has 1 aromatic carbocycles. The second kappa shape index (κ2) is 10.4. The van der Waals surface area contributed by atoms with Crippen LogP contribution in [-0.2, 0) is 4.79 Å². The van der Waals surface area contributed by atoms with Gasteiger partial charge in [0.1, 0.15) is 5.75 Å². The summed E-state index contributed by atoms with van der Waals surface area (Å²) in [6.45, 7) is 1.66. The first kappa shape index (κ1) is 18.0. The van der Waals surface area contributed by atoms with Crippen molar-refractivity contribution in [2.75, 3.05) is 19.7 Å². The van der Waals surface area contributed by atoms with Gasteiger partial charge in [-0.25, -0.2) is 0 Å². The van der Waals surface area contributed by atoms with Crippen LogP contribution < -0.4 is 15.4 Å². The number of amides is 2. The van der Waals surface area contributed by atoms with Gasteiger partial charge in [-0.2, -0.15) is 0 Å². The highest BCUT2D eigenvalue weighted by Gasteiger charge is 2.06. The molecule has 0 aliphatic carbocycles. The molecule has 0 aliphatic heterocycles. The fraction of sp³-hybridized carbons (Fsp3) is 0.333. The maximum absolute atomic E-state index is 11.7. The van der Waals surface area contributed by atoms with Gasteiger partial charge < -0.3 is 15.4 Å². The summed E-state index contributed by atoms with van der Waals surface area (Å²) in [5.74, 6) is 0.758. The SMILES string of the molecule is O=C(CCCNC(=O)c1cccs1)NCCCOc1ccccc1. The molecule has 0 saturated heterocycles. The molecule has 0 fully saturated rings. The highest BCUT2D eigenvalue weighted by atomic mass is 32.1. The van der Waals surface area contributed by atoms with E-state index in [0.29, 0.717) is 37.4 Å². The second-order valence-electron chi connectivity index (χ2n) is 5.20. The average molecular weight is 346 g/mol. The summed E-state index contributed by atoms with van der Waals surface area (Å²) in [7, 11) is 0. The normalized spacial score (nSPS) is 10.2. The van der Waals surface area contributed by atoms with Crippen LogP contribution in [0.25, 0.3) is 0 Å². The third kappa shape index (κ3) is 6.83. The van der Waals surface area contributed by atoms with E-state index in [0.717, 1.165) is 12.2 Å². The van der Waals surface area contributed by atoms with Crippen molar-refractivity contribution < 1.29 is 14.3 Å². The maximum atomic E-state index is 11.7. The molecule has 128 valence electrons. The van der Waals surface area contributed by atoms with Crippen LogP contribution >= 0.6 is 11.3 Å². The number of carbonyl (C=O) groups is 2. The van der Waals surface area contributed by atoms with Crippen molar-refractivity contribution in [2.45, 2.75) is 19.3 Å². The highest BCUT2D eigenvalue weighted by Crippen LogP contribution is 2.08. The van der Waals surface area contributed by atoms with Crippen LogP contribution in [0.2, 0.25) is 0 Å². The van der Waals surface area contributed by atoms with Gasteiger partial charge in [0.15, 0.2) is 0 Å². The van der Waals surface area contributed by atoms with E-state index >= 15 is 0 Å². The van der Waals surface area contributed by atoms with Gasteiger partial charge in [0.05, 0.1) is 11.5 Å². The lowest BCUT2D eigenvalue weighted by molar-refractivity contribution is -0.121. The topological polar surface area (TPSA) is 67.4 Å². The van der Waals surface area contributed by atoms with Crippen molar-refractivity contribution in [1.29, 1.82) is 0 Å². The number of ether oxygens (including phenoxy) is 1. The predicted molar refractivity (Wildman–Crippen MR) is 95.4 cm³/mol. The molecule has 6 heteroatoms. The van der Waals surface area contributed by atoms with Gasteiger partial charge >= 0.3 is 0 Å². The van der Waals surface area contributed by atoms with E-state index < -0.39 is 0 Å². The number of thiophene rings is 1. The number of hydrogen-bond donors (Lipinski definition) is 2. The number of rotatable bonds is 10. The van der Waals surface area contributed by atoms with Crippen LogP contribution in [0.4, 0.5) is 0 Å². The number of nitrogens with one attached hydrogen (secondary N) is 2. The third-order valence-electron chi connectivity index (χ3n) is 3.27. The van der Waals surface area contributed by atoms with Gasteiger partial charge in [-0.3, -0.25) is 9.59 Å². The van der Waals surface area contributed by atoms with Crippen molar-refractivity contribution in [3.63, 3.8) is 0 Å². The van der Waals surface area contributed by atoms with Gasteiger partial charge in [0.25, 0.3) is 5.91 Å². The molecule has 0 spiro atoms. The first-order chi connectivity index (χ1) is 11.8. The zero-order valence-corrected chi connectivity index (χ0v) is 14.3. The van der Waals surface area contributed by atoms with E-state index in [1.807, 2.05) is 41.8 Å². The molecule has 0 radical (unpaired) electrons. The summed E-state index contributed by atoms with van der Waals surface area (Å²) in [5.41, 5.74) is 0. The Morgan fingerprint density at radius 1 is 0.958 bits per heavy atom. The van der Waals surface area contributed by atoms with Crippen LogP contribution in [0, 0.1) is 0 Å². The van der Waals surface area contributed by atoms with Gasteiger partial charge in [-0.1, -0.05) is 24.3 Å². The fourth-order valence-electron chi connectivity index (χ4n) is 2.04. The minimum atomic E-state index is -0.0801. The minimum Gasteiger partial charge on any atom is -0.494 e. The average Bonchev–Trinajstić information content (AvgIpc) is 3.14. The third-order valence-corrected chi connectivity index (χ3v) is 4.13. The summed E-state index contributed by atoms with van der Waals surface area (Å²) in [6, 6.07) is 13.2. The van der Waals surface area contributed by atoms with Crippen molar-refractivity contribution in [2.24, 2.45) is 0 Å². The smallest absolute Gasteiger partial charge is 0.261 e. The molecule has 0 atom stereocenters. The largest absolute Gasteiger partial charge is 0.494 e. The quantitative estimate of drug-likeness (QED) is 0.650. The van der Waals surface area contributed by atoms with E-state index in [2.05, 4.69) is 10.6 Å². The van der Waals surface area contributed by atoms with Gasteiger partial charge in [-0.15, -0.1) is 11.3 Å². The predicted octanol–water partition coefficient (Wildman–Crippen LogP) is 2.84. The lowest BCUT2D eigenvalue weighted by atomic mass is 10.3. The van der Waals surface area contributed by atoms with Crippen LogP contribution in [0.5, 0.6) is 5.75 Å². The van der Waals surface area contributed by atoms with E-state index in [1.165, 1.54) is 11.3 Å². The first-order valence-corrected chi connectivity index (χ1v) is 8.90. The second-order valence-corrected chi connectivity index (χ2v) is 6.15. The summed E-state index contributed by atoms with van der Waals surface area (Å²) in [6.07, 6.45) is 1.80. The Kier molecular flexibility index (Phi) is 7.83. The number of para-hydroxylation sites is 1. The van der Waals surface area contributed by atoms with Gasteiger partial charge in [-0.05, 0) is 36.4 Å². The minimum absolute atomic E-state index is 0.0000775. The molecular weight excluding hydrogens is 324 g/mol. The summed E-state index contributed by atoms with van der Waals surface area (Å²) in [5, 5.41) is 7.53. The van der Waals surface area contributed by atoms with Gasteiger partial charge in [0, 0.05) is 19.5 Å². The molecule has 2 N–H and O–H groups in total. The summed E-state index contributed by atoms with van der Waals surface area (Å²) < 4.78 is 5.55. The molecule has 5 nitrogen and oxygen atoms in total. The standard InChI is InChI=1S/C18H22N2O3S/c21-17(10-4-11-20-18(22)16-9-5-14-24-16)19-12-6-13-23-15-7-2-1-3-8-15/h1-3,5,7-9,14H,4,6,10-13H2,(H,19,21)(H,20,22). The molecule has 0 bridgehead atoms. The van der Waals surface area contributed by atoms with E-state index in [9.17, 15) is 9.59 Å². The number of carbonyl (C=O) groups excluding carboxylic acids is 2. The van der Waals surface area contributed by atoms with Crippen LogP contribution in [0.1, 0.15) is 28.9 Å². The molecule has 0 aliphatic rings. The monoisotopic (exact) mass is 346 g/mol. The lowest BCUT2D eigenvalue weighted by Gasteiger charge is -2.07. The Labute approximate surface area is 146 Å². The molecule has 24 heavy (non-hydrogen) atoms. The summed E-state index contributed by atoms with van der Waals surface area (Å²) in [4.78, 5) is 24.1. The van der Waals surface area contributed by atoms with Crippen LogP contribution in [0.15, 0.2) is 47.8 Å². The van der Waals surface area contributed by atoms with Gasteiger partial charge in [0.2, 0.25) is 5.91 Å². The number of hydrogen-bond acceptors (Lipinski definition) is 4. The molecule has 1 heterocycles. The van der Waals surface area contributed by atoms with Crippen LogP contribution in [0.3, 0.4) is 0 Å². The Bertz CT molecular complexity index is 614.